The fourth-order valence-electron chi connectivity index (χ4n) is 15.0. The second kappa shape index (κ2) is 10.8. The Bertz CT molecular complexity index is 1760. The van der Waals surface area contributed by atoms with Gasteiger partial charge >= 0.3 is 12.1 Å². The number of hydrogen-bond donors (Lipinski definition) is 1. The molecule has 2 unspecified atom stereocenters. The SMILES string of the molecule is CC(C)[C@@H]1CC[C@]2(C(=O)O)CC[C@]3(C)[C@H](CC[C@@H]4[C@@]5(C)CC6=C(C7C(=O)N(c8ccccc8)C(=O)C7C=C6C(F)(F)F)C(C)(C)[C@@H]5CC[C@]43C)[C@@H]12. The first kappa shape index (κ1) is 35.1. The first-order valence-electron chi connectivity index (χ1n) is 19.4. The van der Waals surface area contributed by atoms with Gasteiger partial charge in [0.05, 0.1) is 28.5 Å². The number of alkyl halides is 3. The molecule has 276 valence electrons. The van der Waals surface area contributed by atoms with E-state index in [1.807, 2.05) is 13.8 Å². The molecule has 8 rings (SSSR count). The number of imide groups is 1. The molecule has 51 heavy (non-hydrogen) atoms. The fourth-order valence-corrected chi connectivity index (χ4v) is 15.0. The molecule has 1 N–H and O–H groups in total. The average Bonchev–Trinajstić information content (AvgIpc) is 3.56. The summed E-state index contributed by atoms with van der Waals surface area (Å²) in [6.45, 7) is 15.6. The minimum atomic E-state index is -4.67. The van der Waals surface area contributed by atoms with Crippen LogP contribution in [0.3, 0.4) is 0 Å². The zero-order valence-corrected chi connectivity index (χ0v) is 31.2. The number of hydrogen-bond acceptors (Lipinski definition) is 3. The minimum absolute atomic E-state index is 0.0282. The summed E-state index contributed by atoms with van der Waals surface area (Å²) in [4.78, 5) is 42.4. The number of carbonyl (C=O) groups is 3. The number of allylic oxidation sites excluding steroid dienone is 2. The quantitative estimate of drug-likeness (QED) is 0.318. The van der Waals surface area contributed by atoms with Crippen molar-refractivity contribution in [3.63, 3.8) is 0 Å². The van der Waals surface area contributed by atoms with E-state index in [9.17, 15) is 19.5 Å². The van der Waals surface area contributed by atoms with Gasteiger partial charge in [-0.2, -0.15) is 13.2 Å². The highest BCUT2D eigenvalue weighted by atomic mass is 19.4. The maximum absolute atomic E-state index is 15.3. The van der Waals surface area contributed by atoms with Gasteiger partial charge < -0.3 is 5.11 Å². The van der Waals surface area contributed by atoms with Crippen LogP contribution in [0.1, 0.15) is 106 Å². The standard InChI is InChI=1S/C43H54F3NO4/c1-23(2)25-15-18-42(37(50)51)20-19-40(6)28(33(25)42)13-14-31-39(5)22-27-29(43(44,45)46)21-26-32(34(27)38(3,4)30(39)16-17-41(31,40)7)36(49)47(35(26)48)24-11-9-8-10-12-24/h8-12,21,23,25-26,28,30-33H,13-20,22H2,1-7H3,(H,50,51)/t25-,26?,28+,30-,31+,32?,33+,39-,40+,41+,42-/m0/s1. The fraction of sp³-hybridized carbons (Fsp3) is 0.698. The van der Waals surface area contributed by atoms with Crippen LogP contribution >= 0.6 is 0 Å². The maximum Gasteiger partial charge on any atom is 0.416 e. The zero-order chi connectivity index (χ0) is 36.8. The van der Waals surface area contributed by atoms with Crippen molar-refractivity contribution in [1.82, 2.24) is 0 Å². The largest absolute Gasteiger partial charge is 0.481 e. The predicted molar refractivity (Wildman–Crippen MR) is 189 cm³/mol. The molecule has 7 aliphatic rings. The second-order valence-electron chi connectivity index (χ2n) is 19.3. The van der Waals surface area contributed by atoms with Crippen molar-refractivity contribution in [3.8, 4) is 0 Å². The number of carbonyl (C=O) groups excluding carboxylic acids is 2. The number of aliphatic carboxylic acids is 1. The third-order valence-electron chi connectivity index (χ3n) is 17.1. The van der Waals surface area contributed by atoms with Gasteiger partial charge in [0, 0.05) is 0 Å². The Morgan fingerprint density at radius 2 is 1.55 bits per heavy atom. The number of rotatable bonds is 3. The second-order valence-corrected chi connectivity index (χ2v) is 19.3. The molecule has 0 bridgehead atoms. The first-order valence-corrected chi connectivity index (χ1v) is 19.4. The number of halogens is 3. The molecule has 5 nitrogen and oxygen atoms in total. The van der Waals surface area contributed by atoms with Crippen LogP contribution in [0.2, 0.25) is 0 Å². The summed E-state index contributed by atoms with van der Waals surface area (Å²) in [5.74, 6) is -2.48. The van der Waals surface area contributed by atoms with E-state index in [0.717, 1.165) is 55.9 Å². The molecule has 0 radical (unpaired) electrons. The monoisotopic (exact) mass is 705 g/mol. The van der Waals surface area contributed by atoms with E-state index in [2.05, 4.69) is 34.6 Å². The summed E-state index contributed by atoms with van der Waals surface area (Å²) in [5.41, 5.74) is -1.78. The predicted octanol–water partition coefficient (Wildman–Crippen LogP) is 10.0. The lowest BCUT2D eigenvalue weighted by Crippen LogP contribution is -2.66. The van der Waals surface area contributed by atoms with E-state index in [1.54, 1.807) is 30.3 Å². The molecular weight excluding hydrogens is 651 g/mol. The molecule has 1 heterocycles. The van der Waals surface area contributed by atoms with E-state index in [1.165, 1.54) is 0 Å². The van der Waals surface area contributed by atoms with Crippen molar-refractivity contribution >= 4 is 23.5 Å². The highest BCUT2D eigenvalue weighted by molar-refractivity contribution is 6.24. The van der Waals surface area contributed by atoms with E-state index >= 15 is 13.2 Å². The molecule has 2 amide bonds. The van der Waals surface area contributed by atoms with E-state index < -0.39 is 57.6 Å². The molecular formula is C43H54F3NO4. The van der Waals surface area contributed by atoms with Crippen molar-refractivity contribution in [2.24, 2.45) is 74.4 Å². The average molecular weight is 706 g/mol. The Labute approximate surface area is 300 Å². The Morgan fingerprint density at radius 1 is 0.863 bits per heavy atom. The van der Waals surface area contributed by atoms with Crippen molar-refractivity contribution < 1.29 is 32.7 Å². The van der Waals surface area contributed by atoms with Crippen molar-refractivity contribution in [2.75, 3.05) is 4.90 Å². The molecule has 1 saturated heterocycles. The molecule has 5 fully saturated rings. The summed E-state index contributed by atoms with van der Waals surface area (Å²) in [6.07, 6.45) is 3.37. The number of fused-ring (bicyclic) bond motifs is 9. The van der Waals surface area contributed by atoms with Gasteiger partial charge in [0.15, 0.2) is 0 Å². The molecule has 0 spiro atoms. The van der Waals surface area contributed by atoms with Crippen LogP contribution < -0.4 is 4.90 Å². The number of nitrogens with zero attached hydrogens (tertiary/aromatic N) is 1. The smallest absolute Gasteiger partial charge is 0.416 e. The number of carboxylic acids is 1. The molecule has 0 aromatic heterocycles. The van der Waals surface area contributed by atoms with Gasteiger partial charge in [0.2, 0.25) is 11.8 Å². The lowest BCUT2D eigenvalue weighted by atomic mass is 9.31. The molecule has 6 aliphatic carbocycles. The number of carboxylic acid groups (broad SMARTS) is 1. The molecule has 4 saturated carbocycles. The summed E-state index contributed by atoms with van der Waals surface area (Å²) in [7, 11) is 0. The lowest BCUT2D eigenvalue weighted by Gasteiger charge is -2.72. The highest BCUT2D eigenvalue weighted by Crippen LogP contribution is 2.78. The maximum atomic E-state index is 15.3. The number of anilines is 1. The Hall–Kier alpha value is -2.90. The summed E-state index contributed by atoms with van der Waals surface area (Å²) in [6, 6.07) is 8.58. The van der Waals surface area contributed by atoms with Crippen LogP contribution in [0.25, 0.3) is 0 Å². The molecule has 8 heteroatoms. The normalized spacial score (nSPS) is 44.3. The van der Waals surface area contributed by atoms with Crippen molar-refractivity contribution in [3.05, 3.63) is 53.1 Å². The van der Waals surface area contributed by atoms with Gasteiger partial charge in [0.25, 0.3) is 0 Å². The van der Waals surface area contributed by atoms with Crippen molar-refractivity contribution in [1.29, 1.82) is 0 Å². The van der Waals surface area contributed by atoms with Crippen LogP contribution in [0.5, 0.6) is 0 Å². The van der Waals surface area contributed by atoms with E-state index in [-0.39, 0.29) is 46.5 Å². The minimum Gasteiger partial charge on any atom is -0.481 e. The molecule has 1 aromatic rings. The molecule has 1 aliphatic heterocycles. The Balaban J connectivity index is 1.23. The van der Waals surface area contributed by atoms with E-state index in [4.69, 9.17) is 0 Å². The topological polar surface area (TPSA) is 74.7 Å². The van der Waals surface area contributed by atoms with Gasteiger partial charge in [-0.05, 0) is 138 Å². The highest BCUT2D eigenvalue weighted by Gasteiger charge is 2.73. The summed E-state index contributed by atoms with van der Waals surface area (Å²) < 4.78 is 45.8. The van der Waals surface area contributed by atoms with Gasteiger partial charge in [0.1, 0.15) is 0 Å². The van der Waals surface area contributed by atoms with Gasteiger partial charge in [-0.1, -0.05) is 72.7 Å². The Morgan fingerprint density at radius 3 is 2.18 bits per heavy atom. The third kappa shape index (κ3) is 4.31. The van der Waals surface area contributed by atoms with Gasteiger partial charge in [-0.3, -0.25) is 14.4 Å². The third-order valence-corrected chi connectivity index (χ3v) is 17.1. The number of amides is 2. The van der Waals surface area contributed by atoms with Crippen LogP contribution in [0.4, 0.5) is 18.9 Å². The van der Waals surface area contributed by atoms with Gasteiger partial charge in [-0.15, -0.1) is 0 Å². The van der Waals surface area contributed by atoms with Crippen LogP contribution in [0, 0.1) is 74.4 Å². The number of para-hydroxylation sites is 1. The summed E-state index contributed by atoms with van der Waals surface area (Å²) >= 11 is 0. The van der Waals surface area contributed by atoms with E-state index in [0.29, 0.717) is 29.5 Å². The van der Waals surface area contributed by atoms with Crippen LogP contribution in [-0.2, 0) is 14.4 Å². The van der Waals surface area contributed by atoms with Gasteiger partial charge in [-0.25, -0.2) is 4.90 Å². The lowest BCUT2D eigenvalue weighted by molar-refractivity contribution is -0.232. The zero-order valence-electron chi connectivity index (χ0n) is 31.2. The molecule has 11 atom stereocenters. The van der Waals surface area contributed by atoms with Crippen LogP contribution in [0.15, 0.2) is 53.1 Å². The molecule has 1 aromatic carbocycles. The van der Waals surface area contributed by atoms with Crippen LogP contribution in [-0.4, -0.2) is 29.1 Å². The number of benzene rings is 1. The summed E-state index contributed by atoms with van der Waals surface area (Å²) in [5, 5.41) is 10.8. The first-order chi connectivity index (χ1) is 23.8. The Kier molecular flexibility index (Phi) is 7.47. The van der Waals surface area contributed by atoms with Crippen molar-refractivity contribution in [2.45, 2.75) is 112 Å².